The van der Waals surface area contributed by atoms with Gasteiger partial charge >= 0.3 is 0 Å². The third kappa shape index (κ3) is 4.59. The molecule has 34 heavy (non-hydrogen) atoms. The molecule has 0 spiro atoms. The molecule has 0 fully saturated rings. The molecular formula is C23H24N4O5S2. The summed E-state index contributed by atoms with van der Waals surface area (Å²) in [5.74, 6) is 0.519. The Balaban J connectivity index is 1.76. The molecule has 1 aromatic carbocycles. The zero-order valence-electron chi connectivity index (χ0n) is 18.9. The lowest BCUT2D eigenvalue weighted by Gasteiger charge is -2.18. The minimum atomic E-state index is -4.09. The van der Waals surface area contributed by atoms with Gasteiger partial charge in [0.1, 0.15) is 10.6 Å². The Hall–Kier alpha value is -3.15. The molecule has 0 N–H and O–H groups in total. The number of methoxy groups -OCH3 is 1. The van der Waals surface area contributed by atoms with Crippen LogP contribution in [0, 0.1) is 6.92 Å². The van der Waals surface area contributed by atoms with Crippen LogP contribution in [0.25, 0.3) is 11.0 Å². The number of benzene rings is 1. The van der Waals surface area contributed by atoms with Gasteiger partial charge in [0.25, 0.3) is 10.0 Å². The van der Waals surface area contributed by atoms with Crippen LogP contribution in [0.1, 0.15) is 24.6 Å². The van der Waals surface area contributed by atoms with Crippen LogP contribution in [0.2, 0.25) is 0 Å². The molecule has 178 valence electrons. The van der Waals surface area contributed by atoms with Gasteiger partial charge in [0.05, 0.1) is 33.3 Å². The van der Waals surface area contributed by atoms with Crippen LogP contribution < -0.4 is 4.74 Å². The van der Waals surface area contributed by atoms with Crippen LogP contribution in [0.3, 0.4) is 0 Å². The first-order chi connectivity index (χ1) is 16.4. The van der Waals surface area contributed by atoms with Gasteiger partial charge in [0, 0.05) is 37.7 Å². The summed E-state index contributed by atoms with van der Waals surface area (Å²) in [6.07, 6.45) is 4.53. The summed E-state index contributed by atoms with van der Waals surface area (Å²) in [4.78, 5) is 12.7. The van der Waals surface area contributed by atoms with E-state index in [2.05, 4.69) is 15.0 Å². The van der Waals surface area contributed by atoms with E-state index in [9.17, 15) is 12.6 Å². The van der Waals surface area contributed by atoms with Crippen LogP contribution in [-0.4, -0.2) is 45.0 Å². The third-order valence-electron chi connectivity index (χ3n) is 5.25. The Labute approximate surface area is 200 Å². The van der Waals surface area contributed by atoms with E-state index in [-0.39, 0.29) is 15.8 Å². The van der Waals surface area contributed by atoms with Crippen molar-refractivity contribution in [3.63, 3.8) is 0 Å². The summed E-state index contributed by atoms with van der Waals surface area (Å²) in [6.45, 7) is 3.75. The van der Waals surface area contributed by atoms with Crippen molar-refractivity contribution in [2.24, 2.45) is 0 Å². The molecule has 0 aliphatic carbocycles. The minimum Gasteiger partial charge on any atom is -0.465 e. The molecule has 0 radical (unpaired) electrons. The molecule has 0 aliphatic heterocycles. The maximum Gasteiger partial charge on any atom is 0.271 e. The zero-order valence-corrected chi connectivity index (χ0v) is 20.5. The number of pyridine rings is 2. The number of hydrogen-bond acceptors (Lipinski definition) is 8. The molecule has 0 amide bonds. The maximum atomic E-state index is 13.5. The molecule has 0 aliphatic rings. The van der Waals surface area contributed by atoms with E-state index in [1.54, 1.807) is 43.6 Å². The van der Waals surface area contributed by atoms with Gasteiger partial charge in [0.15, 0.2) is 6.29 Å². The van der Waals surface area contributed by atoms with Crippen molar-refractivity contribution in [1.82, 2.24) is 18.9 Å². The number of aromatic nitrogens is 4. The first-order valence-electron chi connectivity index (χ1n) is 10.5. The highest BCUT2D eigenvalue weighted by molar-refractivity contribution is 7.91. The van der Waals surface area contributed by atoms with Crippen LogP contribution in [-0.2, 0) is 31.3 Å². The van der Waals surface area contributed by atoms with Crippen molar-refractivity contribution < 1.29 is 22.1 Å². The van der Waals surface area contributed by atoms with Gasteiger partial charge in [-0.3, -0.25) is 14.2 Å². The molecule has 0 bridgehead atoms. The van der Waals surface area contributed by atoms with Crippen LogP contribution >= 0.6 is 0 Å². The minimum absolute atomic E-state index is 0.0220. The number of fused-ring (bicyclic) bond motifs is 1. The second-order valence-electron chi connectivity index (χ2n) is 7.40. The second kappa shape index (κ2) is 10.00. The van der Waals surface area contributed by atoms with E-state index in [0.717, 1.165) is 3.97 Å². The summed E-state index contributed by atoms with van der Waals surface area (Å²) in [7, 11) is -4.36. The number of ether oxygens (including phenoxy) is 2. The normalized spacial score (nSPS) is 13.6. The molecule has 0 saturated heterocycles. The molecule has 3 aromatic heterocycles. The first-order valence-corrected chi connectivity index (χ1v) is 13.3. The standard InChI is InChI=1S/C23H24N4O5S2/c1-4-22(31-3)32-21-11-13-25-19(16(21)2)15-33(28)23-26-18-9-5-6-10-20(18)27(23)34(29,30)17-8-7-12-24-14-17/h5-14,22H,4,15H2,1-3H3. The van der Waals surface area contributed by atoms with Crippen molar-refractivity contribution in [3.8, 4) is 5.75 Å². The molecule has 9 nitrogen and oxygen atoms in total. The van der Waals surface area contributed by atoms with Gasteiger partial charge in [-0.05, 0) is 37.3 Å². The number of rotatable bonds is 9. The van der Waals surface area contributed by atoms with Crippen molar-refractivity contribution in [1.29, 1.82) is 0 Å². The van der Waals surface area contributed by atoms with Gasteiger partial charge in [-0.2, -0.15) is 0 Å². The molecular weight excluding hydrogens is 476 g/mol. The maximum absolute atomic E-state index is 13.5. The van der Waals surface area contributed by atoms with E-state index >= 15 is 0 Å². The van der Waals surface area contributed by atoms with Crippen LogP contribution in [0.4, 0.5) is 0 Å². The Morgan fingerprint density at radius 2 is 1.91 bits per heavy atom. The predicted octanol–water partition coefficient (Wildman–Crippen LogP) is 3.44. The van der Waals surface area contributed by atoms with Crippen molar-refractivity contribution in [3.05, 3.63) is 72.3 Å². The van der Waals surface area contributed by atoms with E-state index < -0.39 is 27.1 Å². The Kier molecular flexibility index (Phi) is 7.05. The quantitative estimate of drug-likeness (QED) is 0.321. The number of hydrogen-bond donors (Lipinski definition) is 0. The molecule has 11 heteroatoms. The molecule has 2 atom stereocenters. The van der Waals surface area contributed by atoms with E-state index in [1.807, 2.05) is 13.8 Å². The summed E-state index contributed by atoms with van der Waals surface area (Å²) in [6, 6.07) is 11.4. The Morgan fingerprint density at radius 1 is 1.12 bits per heavy atom. The van der Waals surface area contributed by atoms with Crippen LogP contribution in [0.5, 0.6) is 5.75 Å². The molecule has 2 unspecified atom stereocenters. The summed E-state index contributed by atoms with van der Waals surface area (Å²) in [5, 5.41) is -0.0825. The fraction of sp³-hybridized carbons (Fsp3) is 0.261. The molecule has 0 saturated carbocycles. The number of nitrogens with zero attached hydrogens (tertiary/aromatic N) is 4. The monoisotopic (exact) mass is 500 g/mol. The van der Waals surface area contributed by atoms with Gasteiger partial charge < -0.3 is 9.47 Å². The van der Waals surface area contributed by atoms with Crippen LogP contribution in [0.15, 0.2) is 71.1 Å². The van der Waals surface area contributed by atoms with Gasteiger partial charge in [-0.1, -0.05) is 19.1 Å². The van der Waals surface area contributed by atoms with E-state index in [0.29, 0.717) is 34.5 Å². The highest BCUT2D eigenvalue weighted by Gasteiger charge is 2.28. The first kappa shape index (κ1) is 24.0. The summed E-state index contributed by atoms with van der Waals surface area (Å²) >= 11 is 0. The fourth-order valence-electron chi connectivity index (χ4n) is 3.42. The fourth-order valence-corrected chi connectivity index (χ4v) is 6.43. The third-order valence-corrected chi connectivity index (χ3v) is 8.27. The Bertz CT molecular complexity index is 1430. The lowest BCUT2D eigenvalue weighted by Crippen LogP contribution is -2.19. The average Bonchev–Trinajstić information content (AvgIpc) is 3.26. The zero-order chi connectivity index (χ0) is 24.3. The van der Waals surface area contributed by atoms with Gasteiger partial charge in [-0.25, -0.2) is 17.4 Å². The van der Waals surface area contributed by atoms with E-state index in [4.69, 9.17) is 9.47 Å². The van der Waals surface area contributed by atoms with Crippen molar-refractivity contribution >= 4 is 31.9 Å². The van der Waals surface area contributed by atoms with E-state index in [1.165, 1.54) is 24.5 Å². The smallest absolute Gasteiger partial charge is 0.271 e. The second-order valence-corrected chi connectivity index (χ2v) is 10.5. The van der Waals surface area contributed by atoms with Crippen molar-refractivity contribution in [2.45, 2.75) is 42.4 Å². The van der Waals surface area contributed by atoms with Gasteiger partial charge in [-0.15, -0.1) is 0 Å². The molecule has 4 rings (SSSR count). The lowest BCUT2D eigenvalue weighted by atomic mass is 10.2. The molecule has 4 aromatic rings. The Morgan fingerprint density at radius 3 is 2.62 bits per heavy atom. The highest BCUT2D eigenvalue weighted by atomic mass is 32.2. The molecule has 3 heterocycles. The largest absolute Gasteiger partial charge is 0.465 e. The average molecular weight is 501 g/mol. The number of para-hydroxylation sites is 2. The number of imidazole rings is 1. The topological polar surface area (TPSA) is 113 Å². The SMILES string of the molecule is CCC(OC)Oc1ccnc(CS(=O)c2nc3ccccc3n2S(=O)(=O)c2cccnc2)c1C. The predicted molar refractivity (Wildman–Crippen MR) is 127 cm³/mol. The van der Waals surface area contributed by atoms with Gasteiger partial charge in [0.2, 0.25) is 5.16 Å². The summed E-state index contributed by atoms with van der Waals surface area (Å²) in [5.41, 5.74) is 1.97. The highest BCUT2D eigenvalue weighted by Crippen LogP contribution is 2.28. The van der Waals surface area contributed by atoms with Crippen molar-refractivity contribution in [2.75, 3.05) is 7.11 Å². The lowest BCUT2D eigenvalue weighted by molar-refractivity contribution is -0.0552. The summed E-state index contributed by atoms with van der Waals surface area (Å²) < 4.78 is 52.7.